The zero-order valence-electron chi connectivity index (χ0n) is 11.6. The van der Waals surface area contributed by atoms with Crippen molar-refractivity contribution < 1.29 is 28.2 Å². The third-order valence-electron chi connectivity index (χ3n) is 2.67. The molecule has 0 aromatic carbocycles. The van der Waals surface area contributed by atoms with Crippen molar-refractivity contribution in [2.24, 2.45) is 11.8 Å². The lowest BCUT2D eigenvalue weighted by Crippen LogP contribution is -2.33. The topological polar surface area (TPSA) is 75.6 Å². The van der Waals surface area contributed by atoms with E-state index in [9.17, 15) is 18.4 Å². The number of aliphatic carboxylic acids is 1. The van der Waals surface area contributed by atoms with Gasteiger partial charge in [0.25, 0.3) is 5.91 Å². The van der Waals surface area contributed by atoms with Gasteiger partial charge in [0.1, 0.15) is 10.6 Å². The normalized spacial score (nSPS) is 12.5. The number of alkyl halides is 2. The molecule has 1 heterocycles. The third kappa shape index (κ3) is 5.66. The van der Waals surface area contributed by atoms with Gasteiger partial charge in [0.15, 0.2) is 0 Å². The standard InChI is InChI=1S/C13H17F2NO4S/c1-7(2)5-8(12(18)19)6-16-11(17)10-9(3-4-21-10)20-13(14)15/h3-4,7-8,13H,5-6H2,1-2H3,(H,16,17)(H,18,19). The highest BCUT2D eigenvalue weighted by Crippen LogP contribution is 2.26. The average Bonchev–Trinajstić information content (AvgIpc) is 2.80. The predicted molar refractivity (Wildman–Crippen MR) is 73.9 cm³/mol. The van der Waals surface area contributed by atoms with Crippen LogP contribution in [0.1, 0.15) is 29.9 Å². The van der Waals surface area contributed by atoms with Crippen molar-refractivity contribution in [2.75, 3.05) is 6.54 Å². The first-order valence-electron chi connectivity index (χ1n) is 6.34. The van der Waals surface area contributed by atoms with Gasteiger partial charge in [0.05, 0.1) is 5.92 Å². The van der Waals surface area contributed by atoms with Crippen molar-refractivity contribution in [1.82, 2.24) is 5.32 Å². The zero-order valence-corrected chi connectivity index (χ0v) is 12.5. The van der Waals surface area contributed by atoms with Gasteiger partial charge in [0, 0.05) is 6.54 Å². The fraction of sp³-hybridized carbons (Fsp3) is 0.538. The number of ether oxygens (including phenoxy) is 1. The Kier molecular flexibility index (Phi) is 6.54. The van der Waals surface area contributed by atoms with Gasteiger partial charge < -0.3 is 15.2 Å². The van der Waals surface area contributed by atoms with Crippen LogP contribution in [-0.4, -0.2) is 30.1 Å². The Bertz CT molecular complexity index is 490. The van der Waals surface area contributed by atoms with Gasteiger partial charge in [-0.3, -0.25) is 9.59 Å². The minimum atomic E-state index is -3.01. The molecule has 0 saturated carbocycles. The summed E-state index contributed by atoms with van der Waals surface area (Å²) in [5.74, 6) is -2.37. The quantitative estimate of drug-likeness (QED) is 0.772. The maximum absolute atomic E-state index is 12.2. The summed E-state index contributed by atoms with van der Waals surface area (Å²) < 4.78 is 28.6. The molecule has 0 fully saturated rings. The largest absolute Gasteiger partial charge is 0.481 e. The van der Waals surface area contributed by atoms with E-state index in [0.29, 0.717) is 6.42 Å². The molecule has 1 unspecified atom stereocenters. The number of rotatable bonds is 8. The number of halogens is 2. The summed E-state index contributed by atoms with van der Waals surface area (Å²) in [5, 5.41) is 13.0. The summed E-state index contributed by atoms with van der Waals surface area (Å²) in [6.07, 6.45) is 0.417. The molecule has 0 aliphatic rings. The van der Waals surface area contributed by atoms with Gasteiger partial charge in [-0.25, -0.2) is 0 Å². The summed E-state index contributed by atoms with van der Waals surface area (Å²) in [6.45, 7) is 0.689. The van der Waals surface area contributed by atoms with Crippen molar-refractivity contribution in [3.8, 4) is 5.75 Å². The smallest absolute Gasteiger partial charge is 0.387 e. The minimum Gasteiger partial charge on any atom is -0.481 e. The van der Waals surface area contributed by atoms with Crippen LogP contribution in [0.25, 0.3) is 0 Å². The van der Waals surface area contributed by atoms with Crippen LogP contribution >= 0.6 is 11.3 Å². The van der Waals surface area contributed by atoms with E-state index in [1.165, 1.54) is 11.4 Å². The minimum absolute atomic E-state index is 0.00369. The fourth-order valence-corrected chi connectivity index (χ4v) is 2.53. The number of hydrogen-bond donors (Lipinski definition) is 2. The van der Waals surface area contributed by atoms with Crippen molar-refractivity contribution in [2.45, 2.75) is 26.9 Å². The summed E-state index contributed by atoms with van der Waals surface area (Å²) in [7, 11) is 0. The van der Waals surface area contributed by atoms with E-state index in [-0.39, 0.29) is 23.1 Å². The molecule has 5 nitrogen and oxygen atoms in total. The molecule has 0 saturated heterocycles. The second-order valence-corrected chi connectivity index (χ2v) is 5.78. The molecule has 0 aliphatic carbocycles. The maximum atomic E-state index is 12.2. The van der Waals surface area contributed by atoms with Crippen molar-refractivity contribution in [1.29, 1.82) is 0 Å². The lowest BCUT2D eigenvalue weighted by molar-refractivity contribution is -0.142. The second-order valence-electron chi connectivity index (χ2n) is 4.87. The van der Waals surface area contributed by atoms with Gasteiger partial charge >= 0.3 is 12.6 Å². The number of carbonyl (C=O) groups is 2. The summed E-state index contributed by atoms with van der Waals surface area (Å²) in [4.78, 5) is 23.0. The first-order valence-corrected chi connectivity index (χ1v) is 7.22. The SMILES string of the molecule is CC(C)CC(CNC(=O)c1sccc1OC(F)F)C(=O)O. The highest BCUT2D eigenvalue weighted by Gasteiger charge is 2.22. The number of hydrogen-bond acceptors (Lipinski definition) is 4. The number of thiophene rings is 1. The Balaban J connectivity index is 2.64. The Labute approximate surface area is 124 Å². The molecular formula is C13H17F2NO4S. The predicted octanol–water partition coefficient (Wildman–Crippen LogP) is 2.83. The van der Waals surface area contributed by atoms with E-state index in [2.05, 4.69) is 10.1 Å². The highest BCUT2D eigenvalue weighted by molar-refractivity contribution is 7.12. The van der Waals surface area contributed by atoms with Gasteiger partial charge in [-0.2, -0.15) is 8.78 Å². The molecular weight excluding hydrogens is 304 g/mol. The molecule has 0 aliphatic heterocycles. The monoisotopic (exact) mass is 321 g/mol. The fourth-order valence-electron chi connectivity index (χ4n) is 1.79. The van der Waals surface area contributed by atoms with E-state index in [0.717, 1.165) is 11.3 Å². The van der Waals surface area contributed by atoms with Crippen LogP contribution in [0.4, 0.5) is 8.78 Å². The summed E-state index contributed by atoms with van der Waals surface area (Å²) in [6, 6.07) is 1.27. The number of carboxylic acid groups (broad SMARTS) is 1. The Morgan fingerprint density at radius 2 is 2.10 bits per heavy atom. The lowest BCUT2D eigenvalue weighted by Gasteiger charge is -2.15. The molecule has 118 valence electrons. The molecule has 1 amide bonds. The molecule has 1 aromatic heterocycles. The summed E-state index contributed by atoms with van der Waals surface area (Å²) in [5.41, 5.74) is 0. The Morgan fingerprint density at radius 3 is 2.62 bits per heavy atom. The van der Waals surface area contributed by atoms with E-state index >= 15 is 0 Å². The molecule has 8 heteroatoms. The average molecular weight is 321 g/mol. The maximum Gasteiger partial charge on any atom is 0.387 e. The van der Waals surface area contributed by atoms with E-state index in [1.54, 1.807) is 0 Å². The molecule has 1 atom stereocenters. The van der Waals surface area contributed by atoms with E-state index in [1.807, 2.05) is 13.8 Å². The van der Waals surface area contributed by atoms with Crippen molar-refractivity contribution >= 4 is 23.2 Å². The van der Waals surface area contributed by atoms with Gasteiger partial charge in [-0.15, -0.1) is 11.3 Å². The van der Waals surface area contributed by atoms with Crippen LogP contribution < -0.4 is 10.1 Å². The Morgan fingerprint density at radius 1 is 1.43 bits per heavy atom. The van der Waals surface area contributed by atoms with Crippen molar-refractivity contribution in [3.05, 3.63) is 16.3 Å². The van der Waals surface area contributed by atoms with Crippen LogP contribution in [0, 0.1) is 11.8 Å². The second kappa shape index (κ2) is 7.92. The van der Waals surface area contributed by atoms with Gasteiger partial charge in [-0.05, 0) is 23.8 Å². The van der Waals surface area contributed by atoms with Crippen LogP contribution in [0.2, 0.25) is 0 Å². The van der Waals surface area contributed by atoms with Gasteiger partial charge in [-0.1, -0.05) is 13.8 Å². The third-order valence-corrected chi connectivity index (χ3v) is 3.56. The zero-order chi connectivity index (χ0) is 16.0. The number of amides is 1. The molecule has 1 aromatic rings. The molecule has 21 heavy (non-hydrogen) atoms. The van der Waals surface area contributed by atoms with Gasteiger partial charge in [0.2, 0.25) is 0 Å². The molecule has 1 rings (SSSR count). The number of nitrogens with one attached hydrogen (secondary N) is 1. The highest BCUT2D eigenvalue weighted by atomic mass is 32.1. The molecule has 0 spiro atoms. The Hall–Kier alpha value is -1.70. The van der Waals surface area contributed by atoms with Crippen LogP contribution in [0.3, 0.4) is 0 Å². The molecule has 2 N–H and O–H groups in total. The summed E-state index contributed by atoms with van der Waals surface area (Å²) >= 11 is 0.956. The van der Waals surface area contributed by atoms with Crippen molar-refractivity contribution in [3.63, 3.8) is 0 Å². The van der Waals surface area contributed by atoms with Crippen LogP contribution in [0.5, 0.6) is 5.75 Å². The van der Waals surface area contributed by atoms with E-state index < -0.39 is 24.4 Å². The van der Waals surface area contributed by atoms with E-state index in [4.69, 9.17) is 5.11 Å². The first kappa shape index (κ1) is 17.4. The first-order chi connectivity index (χ1) is 9.81. The molecule has 0 radical (unpaired) electrons. The lowest BCUT2D eigenvalue weighted by atomic mass is 9.97. The number of carbonyl (C=O) groups excluding carboxylic acids is 1. The number of carboxylic acids is 1. The van der Waals surface area contributed by atoms with Crippen LogP contribution in [-0.2, 0) is 4.79 Å². The van der Waals surface area contributed by atoms with Crippen LogP contribution in [0.15, 0.2) is 11.4 Å². The molecule has 0 bridgehead atoms.